The first-order valence-electron chi connectivity index (χ1n) is 5.23. The Bertz CT molecular complexity index is 256. The molecule has 0 saturated heterocycles. The average Bonchev–Trinajstić information content (AvgIpc) is 2.21. The zero-order chi connectivity index (χ0) is 10.4. The maximum Gasteiger partial charge on any atom is 0.252 e. The van der Waals surface area contributed by atoms with E-state index in [-0.39, 0.29) is 0 Å². The lowest BCUT2D eigenvalue weighted by Crippen LogP contribution is -2.33. The van der Waals surface area contributed by atoms with Crippen molar-refractivity contribution in [2.75, 3.05) is 7.11 Å². The fourth-order valence-electron chi connectivity index (χ4n) is 1.41. The van der Waals surface area contributed by atoms with E-state index in [1.807, 2.05) is 4.57 Å². The van der Waals surface area contributed by atoms with Crippen LogP contribution in [0.5, 0.6) is 0 Å². The zero-order valence-corrected chi connectivity index (χ0v) is 9.36. The van der Waals surface area contributed by atoms with Crippen LogP contribution in [0.1, 0.15) is 25.8 Å². The van der Waals surface area contributed by atoms with Gasteiger partial charge in [0.15, 0.2) is 12.4 Å². The molecule has 0 N–H and O–H groups in total. The van der Waals surface area contributed by atoms with Crippen molar-refractivity contribution < 1.29 is 9.30 Å². The molecule has 2 heteroatoms. The number of ether oxygens (including phenoxy) is 1. The van der Waals surface area contributed by atoms with Gasteiger partial charge in [-0.1, -0.05) is 20.3 Å². The van der Waals surface area contributed by atoms with Gasteiger partial charge in [-0.25, -0.2) is 0 Å². The van der Waals surface area contributed by atoms with Crippen LogP contribution in [0.25, 0.3) is 0 Å². The molecule has 0 aliphatic carbocycles. The molecule has 14 heavy (non-hydrogen) atoms. The summed E-state index contributed by atoms with van der Waals surface area (Å²) in [6, 6.07) is 4.34. The molecule has 0 amide bonds. The van der Waals surface area contributed by atoms with Gasteiger partial charge in [-0.05, 0) is 17.9 Å². The standard InChI is InChI=1S/C12H20NO/c1-4-11(2)9-12-5-7-13(8-6-12)10-14-3/h5-8,11H,4,9-10H2,1-3H3/q+1. The number of pyridine rings is 1. The predicted molar refractivity (Wildman–Crippen MR) is 56.8 cm³/mol. The van der Waals surface area contributed by atoms with E-state index in [2.05, 4.69) is 38.4 Å². The smallest absolute Gasteiger partial charge is 0.252 e. The summed E-state index contributed by atoms with van der Waals surface area (Å²) in [6.45, 7) is 5.15. The number of hydrogen-bond acceptors (Lipinski definition) is 1. The Morgan fingerprint density at radius 2 is 2.00 bits per heavy atom. The molecule has 1 heterocycles. The van der Waals surface area contributed by atoms with Crippen molar-refractivity contribution >= 4 is 0 Å². The highest BCUT2D eigenvalue weighted by atomic mass is 16.5. The molecule has 0 bridgehead atoms. The number of rotatable bonds is 5. The Hall–Kier alpha value is -0.890. The lowest BCUT2D eigenvalue weighted by atomic mass is 10.00. The Kier molecular flexibility index (Phi) is 4.60. The Balaban J connectivity index is 2.54. The van der Waals surface area contributed by atoms with Gasteiger partial charge >= 0.3 is 0 Å². The molecular formula is C12H20NO+. The molecule has 0 aliphatic rings. The van der Waals surface area contributed by atoms with Crippen molar-refractivity contribution in [2.45, 2.75) is 33.4 Å². The van der Waals surface area contributed by atoms with E-state index in [4.69, 9.17) is 4.74 Å². The summed E-state index contributed by atoms with van der Waals surface area (Å²) in [6.07, 6.45) is 6.56. The van der Waals surface area contributed by atoms with Gasteiger partial charge in [-0.3, -0.25) is 0 Å². The van der Waals surface area contributed by atoms with Crippen LogP contribution in [-0.2, 0) is 17.9 Å². The summed E-state index contributed by atoms with van der Waals surface area (Å²) < 4.78 is 7.06. The summed E-state index contributed by atoms with van der Waals surface area (Å²) in [5.74, 6) is 0.772. The van der Waals surface area contributed by atoms with Gasteiger partial charge in [0, 0.05) is 19.2 Å². The van der Waals surface area contributed by atoms with Gasteiger partial charge in [0.25, 0.3) is 6.73 Å². The van der Waals surface area contributed by atoms with Gasteiger partial charge in [-0.15, -0.1) is 0 Å². The van der Waals surface area contributed by atoms with Crippen LogP contribution in [0.15, 0.2) is 24.5 Å². The fraction of sp³-hybridized carbons (Fsp3) is 0.583. The summed E-state index contributed by atoms with van der Waals surface area (Å²) in [5.41, 5.74) is 1.41. The van der Waals surface area contributed by atoms with Crippen LogP contribution in [0.4, 0.5) is 0 Å². The summed E-state index contributed by atoms with van der Waals surface area (Å²) in [4.78, 5) is 0. The fourth-order valence-corrected chi connectivity index (χ4v) is 1.41. The number of methoxy groups -OCH3 is 1. The van der Waals surface area contributed by atoms with Crippen LogP contribution in [0.2, 0.25) is 0 Å². The minimum absolute atomic E-state index is 0.629. The lowest BCUT2D eigenvalue weighted by Gasteiger charge is -2.06. The first-order valence-corrected chi connectivity index (χ1v) is 5.23. The molecule has 0 spiro atoms. The Morgan fingerprint density at radius 1 is 1.36 bits per heavy atom. The van der Waals surface area contributed by atoms with Crippen molar-refractivity contribution in [3.05, 3.63) is 30.1 Å². The van der Waals surface area contributed by atoms with Crippen LogP contribution in [-0.4, -0.2) is 7.11 Å². The third-order valence-electron chi connectivity index (χ3n) is 2.52. The molecule has 0 radical (unpaired) electrons. The summed E-state index contributed by atoms with van der Waals surface area (Å²) >= 11 is 0. The largest absolute Gasteiger partial charge is 0.327 e. The number of aromatic nitrogens is 1. The van der Waals surface area contributed by atoms with Gasteiger partial charge < -0.3 is 4.74 Å². The van der Waals surface area contributed by atoms with E-state index in [9.17, 15) is 0 Å². The van der Waals surface area contributed by atoms with E-state index < -0.39 is 0 Å². The second-order valence-corrected chi connectivity index (χ2v) is 3.86. The number of hydrogen-bond donors (Lipinski definition) is 0. The van der Waals surface area contributed by atoms with Crippen molar-refractivity contribution in [3.8, 4) is 0 Å². The normalized spacial score (nSPS) is 12.8. The first kappa shape index (κ1) is 11.2. The van der Waals surface area contributed by atoms with Gasteiger partial charge in [0.2, 0.25) is 0 Å². The molecule has 0 fully saturated rings. The van der Waals surface area contributed by atoms with Crippen LogP contribution >= 0.6 is 0 Å². The van der Waals surface area contributed by atoms with Crippen molar-refractivity contribution in [1.82, 2.24) is 0 Å². The van der Waals surface area contributed by atoms with Gasteiger partial charge in [0.05, 0.1) is 0 Å². The molecular weight excluding hydrogens is 174 g/mol. The second kappa shape index (κ2) is 5.76. The maximum absolute atomic E-state index is 5.03. The minimum atomic E-state index is 0.629. The van der Waals surface area contributed by atoms with E-state index in [0.29, 0.717) is 6.73 Å². The topological polar surface area (TPSA) is 13.1 Å². The molecule has 78 valence electrons. The van der Waals surface area contributed by atoms with Crippen molar-refractivity contribution in [2.24, 2.45) is 5.92 Å². The van der Waals surface area contributed by atoms with Crippen LogP contribution < -0.4 is 4.57 Å². The highest BCUT2D eigenvalue weighted by Crippen LogP contribution is 2.09. The van der Waals surface area contributed by atoms with E-state index in [0.717, 1.165) is 5.92 Å². The highest BCUT2D eigenvalue weighted by molar-refractivity contribution is 5.07. The number of nitrogens with zero attached hydrogens (tertiary/aromatic N) is 1. The third-order valence-corrected chi connectivity index (χ3v) is 2.52. The quantitative estimate of drug-likeness (QED) is 0.655. The lowest BCUT2D eigenvalue weighted by molar-refractivity contribution is -0.731. The Labute approximate surface area is 86.5 Å². The molecule has 1 aromatic rings. The van der Waals surface area contributed by atoms with Crippen molar-refractivity contribution in [3.63, 3.8) is 0 Å². The monoisotopic (exact) mass is 194 g/mol. The van der Waals surface area contributed by atoms with Gasteiger partial charge in [-0.2, -0.15) is 4.57 Å². The SMILES string of the molecule is CCC(C)Cc1cc[n+](COC)cc1. The Morgan fingerprint density at radius 3 is 2.50 bits per heavy atom. The zero-order valence-electron chi connectivity index (χ0n) is 9.36. The minimum Gasteiger partial charge on any atom is -0.327 e. The third kappa shape index (κ3) is 3.46. The molecule has 1 rings (SSSR count). The summed E-state index contributed by atoms with van der Waals surface area (Å²) in [5, 5.41) is 0. The van der Waals surface area contributed by atoms with Gasteiger partial charge in [0.1, 0.15) is 0 Å². The molecule has 0 aromatic carbocycles. The summed E-state index contributed by atoms with van der Waals surface area (Å²) in [7, 11) is 1.71. The maximum atomic E-state index is 5.03. The average molecular weight is 194 g/mol. The van der Waals surface area contributed by atoms with Crippen LogP contribution in [0.3, 0.4) is 0 Å². The molecule has 2 nitrogen and oxygen atoms in total. The predicted octanol–water partition coefficient (Wildman–Crippen LogP) is 2.17. The second-order valence-electron chi connectivity index (χ2n) is 3.86. The molecule has 1 aromatic heterocycles. The molecule has 0 aliphatic heterocycles. The highest BCUT2D eigenvalue weighted by Gasteiger charge is 2.03. The van der Waals surface area contributed by atoms with Crippen LogP contribution in [0, 0.1) is 5.92 Å². The molecule has 1 unspecified atom stereocenters. The first-order chi connectivity index (χ1) is 6.76. The van der Waals surface area contributed by atoms with Crippen molar-refractivity contribution in [1.29, 1.82) is 0 Å². The van der Waals surface area contributed by atoms with E-state index >= 15 is 0 Å². The van der Waals surface area contributed by atoms with E-state index in [1.165, 1.54) is 18.4 Å². The molecule has 1 atom stereocenters. The molecule has 0 saturated carbocycles. The van der Waals surface area contributed by atoms with E-state index in [1.54, 1.807) is 7.11 Å².